The quantitative estimate of drug-likeness (QED) is 0.167. The molecule has 0 radical (unpaired) electrons. The van der Waals surface area contributed by atoms with Crippen molar-refractivity contribution in [2.24, 2.45) is 10.9 Å². The summed E-state index contributed by atoms with van der Waals surface area (Å²) in [5.41, 5.74) is 11.8. The van der Waals surface area contributed by atoms with Crippen LogP contribution in [0.1, 0.15) is 17.4 Å². The molecule has 1 saturated heterocycles. The first-order chi connectivity index (χ1) is 17.7. The maximum absolute atomic E-state index is 13.0. The Morgan fingerprint density at radius 1 is 1.38 bits per heavy atom. The highest BCUT2D eigenvalue weighted by Crippen LogP contribution is 2.47. The summed E-state index contributed by atoms with van der Waals surface area (Å²) in [4.78, 5) is 59.2. The minimum atomic E-state index is -1.51. The molecule has 2 aromatic rings. The number of carbonyl (C=O) groups excluding carboxylic acids is 2. The van der Waals surface area contributed by atoms with Crippen LogP contribution in [0.2, 0.25) is 4.47 Å². The number of aliphatic carboxylic acids is 1. The Morgan fingerprint density at radius 3 is 2.84 bits per heavy atom. The number of halogens is 1. The van der Waals surface area contributed by atoms with Crippen LogP contribution in [0, 0.1) is 4.91 Å². The van der Waals surface area contributed by atoms with Crippen molar-refractivity contribution in [3.05, 3.63) is 49.6 Å². The lowest BCUT2D eigenvalue weighted by molar-refractivity contribution is -0.150. The molecule has 2 aliphatic rings. The number of rotatable bonds is 11. The number of anilines is 1. The van der Waals surface area contributed by atoms with E-state index in [2.05, 4.69) is 20.5 Å². The summed E-state index contributed by atoms with van der Waals surface area (Å²) in [7, 11) is 0. The highest BCUT2D eigenvalue weighted by Gasteiger charge is 2.55. The number of carbonyl (C=O) groups is 3. The monoisotopic (exact) mass is 601 g/mol. The summed E-state index contributed by atoms with van der Waals surface area (Å²) in [6.45, 7) is 0.520. The van der Waals surface area contributed by atoms with Crippen LogP contribution < -0.4 is 16.8 Å². The molecule has 196 valence electrons. The zero-order valence-electron chi connectivity index (χ0n) is 18.8. The number of fused-ring (bicyclic) bond motifs is 1. The number of nitrogens with one attached hydrogen (secondary N) is 1. The first kappa shape index (κ1) is 27.7. The lowest BCUT2D eigenvalue weighted by atomic mass is 10.0. The molecule has 4 heterocycles. The van der Waals surface area contributed by atoms with Gasteiger partial charge in [-0.1, -0.05) is 40.8 Å². The Hall–Kier alpha value is -2.37. The number of nitrogens with two attached hydrogens (primary N) is 2. The van der Waals surface area contributed by atoms with Crippen molar-refractivity contribution in [3.8, 4) is 0 Å². The largest absolute Gasteiger partial charge is 0.477 e. The average molecular weight is 602 g/mol. The molecule has 12 nitrogen and oxygen atoms in total. The van der Waals surface area contributed by atoms with Gasteiger partial charge in [0.1, 0.15) is 22.9 Å². The number of thiazole rings is 1. The van der Waals surface area contributed by atoms with Crippen molar-refractivity contribution in [2.75, 3.05) is 23.8 Å². The first-order valence-electron chi connectivity index (χ1n) is 10.6. The van der Waals surface area contributed by atoms with E-state index >= 15 is 0 Å². The molecule has 0 aliphatic carbocycles. The van der Waals surface area contributed by atoms with E-state index in [1.54, 1.807) is 11.8 Å². The summed E-state index contributed by atoms with van der Waals surface area (Å²) >= 11 is 11.5. The lowest BCUT2D eigenvalue weighted by Crippen LogP contribution is -2.70. The number of β-lactam (4-membered cyclic amide) rings is 1. The van der Waals surface area contributed by atoms with E-state index < -0.39 is 35.2 Å². The minimum absolute atomic E-state index is 0.0425. The van der Waals surface area contributed by atoms with E-state index in [0.29, 0.717) is 21.7 Å². The number of hydrogen-bond donors (Lipinski definition) is 4. The van der Waals surface area contributed by atoms with E-state index in [-0.39, 0.29) is 23.0 Å². The van der Waals surface area contributed by atoms with Gasteiger partial charge in [0.15, 0.2) is 4.47 Å². The fourth-order valence-electron chi connectivity index (χ4n) is 3.60. The number of carboxylic acid groups (broad SMARTS) is 1. The third kappa shape index (κ3) is 5.88. The highest BCUT2D eigenvalue weighted by molar-refractivity contribution is 8.07. The maximum atomic E-state index is 13.0. The topological polar surface area (TPSA) is 194 Å². The highest BCUT2D eigenvalue weighted by atomic mass is 35.5. The maximum Gasteiger partial charge on any atom is 0.353 e. The normalized spacial score (nSPS) is 19.7. The van der Waals surface area contributed by atoms with Crippen LogP contribution in [0.4, 0.5) is 5.82 Å². The number of pyridine rings is 1. The van der Waals surface area contributed by atoms with Gasteiger partial charge in [-0.05, 0) is 17.3 Å². The molecule has 6 N–H and O–H groups in total. The smallest absolute Gasteiger partial charge is 0.353 e. The number of nitrogen functional groups attached to an aromatic ring is 1. The Labute approximate surface area is 232 Å². The summed E-state index contributed by atoms with van der Waals surface area (Å²) in [5.74, 6) is -1.000. The van der Waals surface area contributed by atoms with Gasteiger partial charge in [0.05, 0.1) is 15.6 Å². The van der Waals surface area contributed by atoms with Crippen molar-refractivity contribution >= 4 is 81.8 Å². The number of hydrogen-bond acceptors (Lipinski definition) is 13. The van der Waals surface area contributed by atoms with Crippen molar-refractivity contribution in [1.82, 2.24) is 20.2 Å². The van der Waals surface area contributed by atoms with E-state index in [1.165, 1.54) is 53.1 Å². The van der Waals surface area contributed by atoms with Crippen LogP contribution in [0.3, 0.4) is 0 Å². The van der Waals surface area contributed by atoms with Gasteiger partial charge in [-0.15, -0.1) is 16.7 Å². The molecule has 2 aromatic heterocycles. The fraction of sp³-hybridized carbons (Fsp3) is 0.350. The summed E-state index contributed by atoms with van der Waals surface area (Å²) < 4.78 is 1.08. The van der Waals surface area contributed by atoms with Crippen LogP contribution >= 0.6 is 58.2 Å². The number of carboxylic acids is 1. The lowest BCUT2D eigenvalue weighted by Gasteiger charge is -2.49. The molecular weight excluding hydrogens is 582 g/mol. The van der Waals surface area contributed by atoms with Gasteiger partial charge in [-0.3, -0.25) is 14.5 Å². The molecule has 1 fully saturated rings. The van der Waals surface area contributed by atoms with Gasteiger partial charge < -0.3 is 21.9 Å². The Kier molecular flexibility index (Phi) is 8.97. The van der Waals surface area contributed by atoms with E-state index in [9.17, 15) is 24.4 Å². The predicted octanol–water partition coefficient (Wildman–Crippen LogP) is 2.26. The summed E-state index contributed by atoms with van der Waals surface area (Å²) in [6, 6.07) is 1.91. The van der Waals surface area contributed by atoms with Gasteiger partial charge in [0.2, 0.25) is 6.04 Å². The van der Waals surface area contributed by atoms with Crippen molar-refractivity contribution < 1.29 is 19.5 Å². The summed E-state index contributed by atoms with van der Waals surface area (Å²) in [6.07, 6.45) is 0. The van der Waals surface area contributed by atoms with Gasteiger partial charge >= 0.3 is 5.97 Å². The van der Waals surface area contributed by atoms with Crippen molar-refractivity contribution in [1.29, 1.82) is 0 Å². The molecule has 0 saturated carbocycles. The van der Waals surface area contributed by atoms with Gasteiger partial charge in [-0.25, -0.2) is 14.8 Å². The van der Waals surface area contributed by atoms with Gasteiger partial charge in [0.25, 0.3) is 11.8 Å². The zero-order chi connectivity index (χ0) is 26.7. The zero-order valence-corrected chi connectivity index (χ0v) is 22.8. The summed E-state index contributed by atoms with van der Waals surface area (Å²) in [5, 5.41) is 14.6. The van der Waals surface area contributed by atoms with Crippen LogP contribution in [0.5, 0.6) is 0 Å². The van der Waals surface area contributed by atoms with Crippen LogP contribution in [0.25, 0.3) is 0 Å². The third-order valence-electron chi connectivity index (χ3n) is 5.21. The average Bonchev–Trinajstić information content (AvgIpc) is 3.21. The molecule has 0 bridgehead atoms. The van der Waals surface area contributed by atoms with Crippen molar-refractivity contribution in [2.45, 2.75) is 27.4 Å². The second-order valence-corrected chi connectivity index (χ2v) is 12.8. The standard InChI is InChI=1S/C20H20ClN7O5S4/c21-20-25-9(6-34-5-4-22)19(37-20)36-10-7-35-17-13(16(30)28(17)14(10)18(31)32)26-15(29)12(27-33)8-2-1-3-11(23)24-8/h1-3,12-13,17H,4-7,22H2,(H2,23,24)(H,26,29)(H,31,32). The fourth-order valence-corrected chi connectivity index (χ4v) is 8.60. The second kappa shape index (κ2) is 12.0. The SMILES string of the molecule is NCCSCc1nc(Cl)sc1SC1=C(C(=O)O)N2C(=O)C(NC(=O)C(N=O)c3cccc(N)n3)C2SC1. The molecule has 3 atom stereocenters. The molecule has 0 spiro atoms. The van der Waals surface area contributed by atoms with E-state index in [0.717, 1.165) is 20.6 Å². The molecule has 37 heavy (non-hydrogen) atoms. The number of nitrogens with zero attached hydrogens (tertiary/aromatic N) is 4. The molecule has 17 heteroatoms. The minimum Gasteiger partial charge on any atom is -0.477 e. The molecular formula is C20H20ClN7O5S4. The van der Waals surface area contributed by atoms with Crippen LogP contribution in [-0.4, -0.2) is 67.2 Å². The number of amides is 2. The number of nitroso groups, excluding NO2 is 1. The van der Waals surface area contributed by atoms with E-state index in [4.69, 9.17) is 23.1 Å². The Morgan fingerprint density at radius 2 is 2.16 bits per heavy atom. The number of aromatic nitrogens is 2. The van der Waals surface area contributed by atoms with Gasteiger partial charge in [0, 0.05) is 28.7 Å². The predicted molar refractivity (Wildman–Crippen MR) is 145 cm³/mol. The van der Waals surface area contributed by atoms with Gasteiger partial charge in [-0.2, -0.15) is 11.8 Å². The first-order valence-corrected chi connectivity index (χ1v) is 14.8. The Bertz CT molecular complexity index is 1280. The number of thioether (sulfide) groups is 3. The van der Waals surface area contributed by atoms with E-state index in [1.807, 2.05) is 0 Å². The van der Waals surface area contributed by atoms with Crippen LogP contribution in [-0.2, 0) is 20.1 Å². The molecule has 2 amide bonds. The van der Waals surface area contributed by atoms with Crippen molar-refractivity contribution in [3.63, 3.8) is 0 Å². The van der Waals surface area contributed by atoms with Crippen LogP contribution in [0.15, 0.2) is 38.2 Å². The third-order valence-corrected chi connectivity index (χ3v) is 10.2. The second-order valence-electron chi connectivity index (χ2n) is 7.61. The molecule has 2 aliphatic heterocycles. The Balaban J connectivity index is 1.51. The molecule has 0 aromatic carbocycles. The molecule has 4 rings (SSSR count). The molecule has 3 unspecified atom stereocenters.